The Balaban J connectivity index is 1.60. The molecule has 3 heterocycles. The van der Waals surface area contributed by atoms with Crippen LogP contribution in [0.4, 0.5) is 11.4 Å². The Kier molecular flexibility index (Phi) is 4.88. The van der Waals surface area contributed by atoms with Crippen LogP contribution in [0.2, 0.25) is 0 Å². The van der Waals surface area contributed by atoms with Crippen LogP contribution in [-0.4, -0.2) is 20.6 Å². The molecule has 7 heteroatoms. The maximum atomic E-state index is 12.6. The third-order valence-electron chi connectivity index (χ3n) is 6.26. The van der Waals surface area contributed by atoms with Crippen molar-refractivity contribution in [3.05, 3.63) is 69.5 Å². The largest absolute Gasteiger partial charge is 0.507 e. The standard InChI is InChI=1S/C24H26N4O3/c1-14-11-22(29)23(24(30)31-14)21-12-20(25-18-9-5-6-10-19(18)26-21)17-13-28(27-15(17)2)16-7-3-4-8-16/h5-6,9-11,13,16,20,25,29H,3-4,7-8,12H2,1-2H3/t20-/m0/s1. The summed E-state index contributed by atoms with van der Waals surface area (Å²) < 4.78 is 7.38. The van der Waals surface area contributed by atoms with E-state index in [-0.39, 0.29) is 17.4 Å². The molecule has 0 radical (unpaired) electrons. The number of aliphatic imine (C=N–C) groups is 1. The number of anilines is 1. The zero-order valence-electron chi connectivity index (χ0n) is 17.8. The molecule has 160 valence electrons. The van der Waals surface area contributed by atoms with E-state index in [1.54, 1.807) is 6.92 Å². The second kappa shape index (κ2) is 7.72. The van der Waals surface area contributed by atoms with Crippen molar-refractivity contribution in [1.82, 2.24) is 9.78 Å². The molecule has 2 aliphatic rings. The maximum Gasteiger partial charge on any atom is 0.348 e. The van der Waals surface area contributed by atoms with Gasteiger partial charge in [0, 0.05) is 24.2 Å². The van der Waals surface area contributed by atoms with E-state index < -0.39 is 5.63 Å². The Labute approximate surface area is 180 Å². The van der Waals surface area contributed by atoms with Gasteiger partial charge in [0.1, 0.15) is 17.1 Å². The average molecular weight is 418 g/mol. The van der Waals surface area contributed by atoms with Gasteiger partial charge in [-0.05, 0) is 38.8 Å². The van der Waals surface area contributed by atoms with Gasteiger partial charge in [0.2, 0.25) is 0 Å². The summed E-state index contributed by atoms with van der Waals surface area (Å²) in [4.78, 5) is 17.4. The van der Waals surface area contributed by atoms with Crippen molar-refractivity contribution in [2.75, 3.05) is 5.32 Å². The summed E-state index contributed by atoms with van der Waals surface area (Å²) in [5, 5.41) is 18.9. The van der Waals surface area contributed by atoms with Gasteiger partial charge in [0.25, 0.3) is 0 Å². The highest BCUT2D eigenvalue weighted by atomic mass is 16.4. The van der Waals surface area contributed by atoms with Gasteiger partial charge in [-0.3, -0.25) is 9.67 Å². The molecule has 1 saturated carbocycles. The zero-order chi connectivity index (χ0) is 21.5. The van der Waals surface area contributed by atoms with Crippen LogP contribution < -0.4 is 10.9 Å². The minimum absolute atomic E-state index is 0.107. The predicted molar refractivity (Wildman–Crippen MR) is 119 cm³/mol. The molecule has 1 aliphatic carbocycles. The van der Waals surface area contributed by atoms with Gasteiger partial charge < -0.3 is 14.8 Å². The second-order valence-electron chi connectivity index (χ2n) is 8.47. The van der Waals surface area contributed by atoms with E-state index in [2.05, 4.69) is 16.2 Å². The van der Waals surface area contributed by atoms with Crippen LogP contribution in [0.3, 0.4) is 0 Å². The molecule has 2 N–H and O–H groups in total. The number of hydrogen-bond donors (Lipinski definition) is 2. The number of nitrogens with zero attached hydrogens (tertiary/aromatic N) is 3. The molecule has 0 saturated heterocycles. The number of rotatable bonds is 3. The SMILES string of the molecule is Cc1cc(O)c(C2=Nc3ccccc3N[C@H](c3cn(C4CCCC4)nc3C)C2)c(=O)o1. The van der Waals surface area contributed by atoms with E-state index in [0.29, 0.717) is 23.9 Å². The van der Waals surface area contributed by atoms with E-state index in [1.807, 2.05) is 31.2 Å². The average Bonchev–Trinajstić information content (AvgIpc) is 3.33. The van der Waals surface area contributed by atoms with Crippen LogP contribution in [-0.2, 0) is 0 Å². The Morgan fingerprint density at radius 1 is 1.19 bits per heavy atom. The third kappa shape index (κ3) is 3.65. The first kappa shape index (κ1) is 19.6. The molecule has 1 aromatic carbocycles. The number of aromatic hydroxyl groups is 1. The van der Waals surface area contributed by atoms with Gasteiger partial charge >= 0.3 is 5.63 Å². The number of nitrogens with one attached hydrogen (secondary N) is 1. The highest BCUT2D eigenvalue weighted by molar-refractivity contribution is 6.05. The molecule has 5 rings (SSSR count). The normalized spacial score (nSPS) is 18.9. The smallest absolute Gasteiger partial charge is 0.348 e. The predicted octanol–water partition coefficient (Wildman–Crippen LogP) is 4.95. The molecule has 31 heavy (non-hydrogen) atoms. The number of aryl methyl sites for hydroxylation is 2. The van der Waals surface area contributed by atoms with Gasteiger partial charge in [0.05, 0.1) is 34.9 Å². The fourth-order valence-electron chi connectivity index (χ4n) is 4.72. The van der Waals surface area contributed by atoms with Crippen LogP contribution in [0.15, 0.2) is 50.7 Å². The molecule has 0 spiro atoms. The Bertz CT molecular complexity index is 1220. The first-order chi connectivity index (χ1) is 15.0. The molecule has 7 nitrogen and oxygen atoms in total. The second-order valence-corrected chi connectivity index (χ2v) is 8.47. The minimum atomic E-state index is -0.576. The first-order valence-electron chi connectivity index (χ1n) is 10.8. The lowest BCUT2D eigenvalue weighted by Crippen LogP contribution is -2.20. The van der Waals surface area contributed by atoms with Crippen LogP contribution in [0.5, 0.6) is 5.75 Å². The fraction of sp³-hybridized carbons (Fsp3) is 0.375. The molecule has 3 aromatic rings. The molecule has 1 fully saturated rings. The molecule has 0 unspecified atom stereocenters. The van der Waals surface area contributed by atoms with Crippen LogP contribution in [0, 0.1) is 13.8 Å². The molecular formula is C24H26N4O3. The molecule has 1 atom stereocenters. The number of aromatic nitrogens is 2. The van der Waals surface area contributed by atoms with Crippen molar-refractivity contribution in [1.29, 1.82) is 0 Å². The molecule has 0 amide bonds. The highest BCUT2D eigenvalue weighted by Gasteiger charge is 2.28. The lowest BCUT2D eigenvalue weighted by molar-refractivity contribution is 0.432. The van der Waals surface area contributed by atoms with E-state index in [0.717, 1.165) is 35.5 Å². The number of benzene rings is 1. The van der Waals surface area contributed by atoms with Crippen molar-refractivity contribution in [3.8, 4) is 5.75 Å². The third-order valence-corrected chi connectivity index (χ3v) is 6.26. The fourth-order valence-corrected chi connectivity index (χ4v) is 4.72. The van der Waals surface area contributed by atoms with Gasteiger partial charge in [-0.2, -0.15) is 5.10 Å². The minimum Gasteiger partial charge on any atom is -0.507 e. The summed E-state index contributed by atoms with van der Waals surface area (Å²) in [5.74, 6) is 0.258. The molecule has 1 aliphatic heterocycles. The monoisotopic (exact) mass is 418 g/mol. The van der Waals surface area contributed by atoms with Crippen molar-refractivity contribution < 1.29 is 9.52 Å². The summed E-state index contributed by atoms with van der Waals surface area (Å²) in [7, 11) is 0. The lowest BCUT2D eigenvalue weighted by Gasteiger charge is -2.18. The van der Waals surface area contributed by atoms with Crippen LogP contribution >= 0.6 is 0 Å². The first-order valence-corrected chi connectivity index (χ1v) is 10.8. The number of para-hydroxylation sites is 2. The highest BCUT2D eigenvalue weighted by Crippen LogP contribution is 2.38. The van der Waals surface area contributed by atoms with E-state index in [4.69, 9.17) is 14.5 Å². The number of hydrogen-bond acceptors (Lipinski definition) is 6. The topological polar surface area (TPSA) is 92.7 Å². The van der Waals surface area contributed by atoms with Gasteiger partial charge in [-0.15, -0.1) is 0 Å². The summed E-state index contributed by atoms with van der Waals surface area (Å²) in [6.45, 7) is 3.66. The molecule has 0 bridgehead atoms. The maximum absolute atomic E-state index is 12.6. The summed E-state index contributed by atoms with van der Waals surface area (Å²) >= 11 is 0. The van der Waals surface area contributed by atoms with Crippen molar-refractivity contribution >= 4 is 17.1 Å². The van der Waals surface area contributed by atoms with E-state index in [9.17, 15) is 9.90 Å². The van der Waals surface area contributed by atoms with Crippen LogP contribution in [0.1, 0.15) is 66.8 Å². The zero-order valence-corrected chi connectivity index (χ0v) is 17.8. The van der Waals surface area contributed by atoms with Crippen LogP contribution in [0.25, 0.3) is 0 Å². The summed E-state index contributed by atoms with van der Waals surface area (Å²) in [5.41, 5.74) is 3.69. The number of fused-ring (bicyclic) bond motifs is 1. The Morgan fingerprint density at radius 2 is 1.97 bits per heavy atom. The van der Waals surface area contributed by atoms with Crippen molar-refractivity contribution in [2.24, 2.45) is 4.99 Å². The van der Waals surface area contributed by atoms with Crippen molar-refractivity contribution in [3.63, 3.8) is 0 Å². The summed E-state index contributed by atoms with van der Waals surface area (Å²) in [6.07, 6.45) is 7.36. The van der Waals surface area contributed by atoms with Gasteiger partial charge in [-0.25, -0.2) is 4.79 Å². The van der Waals surface area contributed by atoms with E-state index >= 15 is 0 Å². The molecule has 2 aromatic heterocycles. The summed E-state index contributed by atoms with van der Waals surface area (Å²) in [6, 6.07) is 9.50. The van der Waals surface area contributed by atoms with Gasteiger partial charge in [0.15, 0.2) is 0 Å². The lowest BCUT2D eigenvalue weighted by atomic mass is 9.98. The van der Waals surface area contributed by atoms with Gasteiger partial charge in [-0.1, -0.05) is 25.0 Å². The Hall–Kier alpha value is -3.35. The Morgan fingerprint density at radius 3 is 2.74 bits per heavy atom. The van der Waals surface area contributed by atoms with Crippen molar-refractivity contribution in [2.45, 2.75) is 58.0 Å². The van der Waals surface area contributed by atoms with E-state index in [1.165, 1.54) is 18.9 Å². The molecular weight excluding hydrogens is 392 g/mol. The quantitative estimate of drug-likeness (QED) is 0.628.